The molecule has 0 fully saturated rings. The first-order valence-electron chi connectivity index (χ1n) is 5.73. The molecule has 0 saturated heterocycles. The topological polar surface area (TPSA) is 58.7 Å². The van der Waals surface area contributed by atoms with E-state index in [4.69, 9.17) is 5.73 Å². The van der Waals surface area contributed by atoms with Gasteiger partial charge in [-0.2, -0.15) is 0 Å². The van der Waals surface area contributed by atoms with Gasteiger partial charge in [0.1, 0.15) is 9.92 Å². The Morgan fingerprint density at radius 1 is 1.47 bits per heavy atom. The third-order valence-electron chi connectivity index (χ3n) is 2.59. The van der Waals surface area contributed by atoms with E-state index in [0.29, 0.717) is 17.1 Å². The van der Waals surface area contributed by atoms with Crippen molar-refractivity contribution in [1.29, 1.82) is 0 Å². The highest BCUT2D eigenvalue weighted by Gasteiger charge is 2.21. The first-order chi connectivity index (χ1) is 7.91. The summed E-state index contributed by atoms with van der Waals surface area (Å²) >= 11 is 0. The number of hydrogen-bond acceptors (Lipinski definition) is 3. The third-order valence-corrected chi connectivity index (χ3v) is 5.27. The molecule has 0 aliphatic rings. The molecule has 96 valence electrons. The fourth-order valence-electron chi connectivity index (χ4n) is 1.47. The summed E-state index contributed by atoms with van der Waals surface area (Å²) in [7, 11) is -0.711. The second-order valence-electron chi connectivity index (χ2n) is 4.15. The quantitative estimate of drug-likeness (QED) is 0.840. The fraction of sp³-hybridized carbons (Fsp3) is 0.500. The first-order valence-corrected chi connectivity index (χ1v) is 7.20. The van der Waals surface area contributed by atoms with Gasteiger partial charge in [-0.25, -0.2) is 12.9 Å². The maximum absolute atomic E-state index is 13.0. The number of hydrogen-bond donors (Lipinski definition) is 1. The number of benzene rings is 1. The van der Waals surface area contributed by atoms with Crippen LogP contribution in [0, 0.1) is 0 Å². The van der Waals surface area contributed by atoms with Crippen LogP contribution in [0.15, 0.2) is 33.5 Å². The number of rotatable bonds is 4. The van der Waals surface area contributed by atoms with Crippen molar-refractivity contribution < 1.29 is 4.21 Å². The van der Waals surface area contributed by atoms with Gasteiger partial charge in [-0.3, -0.25) is 0 Å². The van der Waals surface area contributed by atoms with Gasteiger partial charge in [-0.15, -0.1) is 0 Å². The van der Waals surface area contributed by atoms with Gasteiger partial charge >= 0.3 is 0 Å². The molecule has 1 unspecified atom stereocenters. The lowest BCUT2D eigenvalue weighted by Crippen LogP contribution is -2.33. The van der Waals surface area contributed by atoms with Gasteiger partial charge in [0.25, 0.3) is 0 Å². The Hall–Kier alpha value is -1.07. The van der Waals surface area contributed by atoms with E-state index in [1.807, 2.05) is 40.0 Å². The summed E-state index contributed by atoms with van der Waals surface area (Å²) < 4.78 is 19.1. The van der Waals surface area contributed by atoms with Crippen molar-refractivity contribution in [2.75, 3.05) is 19.3 Å². The molecule has 1 aromatic rings. The minimum atomic E-state index is -2.54. The molecule has 0 amide bonds. The summed E-state index contributed by atoms with van der Waals surface area (Å²) in [5.41, 5.74) is 6.35. The van der Waals surface area contributed by atoms with E-state index in [2.05, 4.69) is 4.36 Å². The fourth-order valence-corrected chi connectivity index (χ4v) is 3.60. The van der Waals surface area contributed by atoms with E-state index >= 15 is 0 Å². The zero-order chi connectivity index (χ0) is 13.1. The second kappa shape index (κ2) is 5.51. The van der Waals surface area contributed by atoms with Crippen molar-refractivity contribution in [3.05, 3.63) is 24.3 Å². The monoisotopic (exact) mass is 255 g/mol. The van der Waals surface area contributed by atoms with E-state index < -0.39 is 9.92 Å². The highest BCUT2D eigenvalue weighted by molar-refractivity contribution is 7.91. The van der Waals surface area contributed by atoms with Crippen LogP contribution in [0.5, 0.6) is 0 Å². The number of nitrogens with zero attached hydrogens (tertiary/aromatic N) is 2. The Morgan fingerprint density at radius 3 is 2.59 bits per heavy atom. The molecule has 0 aromatic heterocycles. The van der Waals surface area contributed by atoms with Crippen LogP contribution in [0.4, 0.5) is 5.69 Å². The number of nitrogens with two attached hydrogens (primary N) is 1. The first kappa shape index (κ1) is 14.0. The molecule has 0 radical (unpaired) electrons. The van der Waals surface area contributed by atoms with Crippen LogP contribution in [0.25, 0.3) is 0 Å². The molecule has 0 heterocycles. The molecule has 1 atom stereocenters. The predicted octanol–water partition coefficient (Wildman–Crippen LogP) is 2.37. The zero-order valence-electron chi connectivity index (χ0n) is 10.9. The van der Waals surface area contributed by atoms with Crippen molar-refractivity contribution in [3.8, 4) is 0 Å². The van der Waals surface area contributed by atoms with Gasteiger partial charge in [0.05, 0.1) is 4.90 Å². The van der Waals surface area contributed by atoms with Crippen LogP contribution < -0.4 is 5.73 Å². The van der Waals surface area contributed by atoms with Crippen LogP contribution in [0.3, 0.4) is 0 Å². The maximum Gasteiger partial charge on any atom is 0.139 e. The average Bonchev–Trinajstić information content (AvgIpc) is 2.28. The molecule has 0 bridgehead atoms. The number of anilines is 1. The molecule has 4 nitrogen and oxygen atoms in total. The van der Waals surface area contributed by atoms with Crippen LogP contribution >= 0.6 is 0 Å². The minimum absolute atomic E-state index is 0.152. The second-order valence-corrected chi connectivity index (χ2v) is 6.45. The molecule has 0 spiro atoms. The lowest BCUT2D eigenvalue weighted by molar-refractivity contribution is 0.436. The highest BCUT2D eigenvalue weighted by Crippen LogP contribution is 2.21. The molecule has 0 aliphatic carbocycles. The molecule has 17 heavy (non-hydrogen) atoms. The lowest BCUT2D eigenvalue weighted by Gasteiger charge is -2.25. The van der Waals surface area contributed by atoms with Crippen LogP contribution in [-0.2, 0) is 9.92 Å². The molecule has 5 heteroatoms. The SMILES string of the molecule is CCN=S(=O)(c1cccc(N)c1)N(C)C(C)C. The molecule has 0 saturated carbocycles. The van der Waals surface area contributed by atoms with Crippen molar-refractivity contribution in [2.45, 2.75) is 31.7 Å². The number of nitrogen functional groups attached to an aromatic ring is 1. The Morgan fingerprint density at radius 2 is 2.12 bits per heavy atom. The Labute approximate surface area is 104 Å². The van der Waals surface area contributed by atoms with Crippen LogP contribution in [0.2, 0.25) is 0 Å². The van der Waals surface area contributed by atoms with Gasteiger partial charge in [0, 0.05) is 25.3 Å². The largest absolute Gasteiger partial charge is 0.399 e. The predicted molar refractivity (Wildman–Crippen MR) is 73.1 cm³/mol. The summed E-state index contributed by atoms with van der Waals surface area (Å²) in [5, 5.41) is 0. The van der Waals surface area contributed by atoms with E-state index in [-0.39, 0.29) is 6.04 Å². The van der Waals surface area contributed by atoms with Gasteiger partial charge < -0.3 is 5.73 Å². The smallest absolute Gasteiger partial charge is 0.139 e. The van der Waals surface area contributed by atoms with E-state index in [0.717, 1.165) is 0 Å². The standard InChI is InChI=1S/C12H21N3OS/c1-5-14-17(16,15(4)10(2)3)12-8-6-7-11(13)9-12/h6-10H,5,13H2,1-4H3. The van der Waals surface area contributed by atoms with Gasteiger partial charge in [0.2, 0.25) is 0 Å². The molecule has 2 N–H and O–H groups in total. The maximum atomic E-state index is 13.0. The minimum Gasteiger partial charge on any atom is -0.399 e. The molecular weight excluding hydrogens is 234 g/mol. The van der Waals surface area contributed by atoms with Crippen LogP contribution in [-0.4, -0.2) is 28.1 Å². The summed E-state index contributed by atoms with van der Waals surface area (Å²) in [4.78, 5) is 0.676. The third kappa shape index (κ3) is 2.98. The van der Waals surface area contributed by atoms with Gasteiger partial charge in [-0.1, -0.05) is 6.07 Å². The lowest BCUT2D eigenvalue weighted by atomic mass is 10.3. The Kier molecular flexibility index (Phi) is 4.54. The Bertz CT molecular complexity index is 490. The molecule has 1 aromatic carbocycles. The summed E-state index contributed by atoms with van der Waals surface area (Å²) in [6, 6.07) is 7.30. The highest BCUT2D eigenvalue weighted by atomic mass is 32.2. The zero-order valence-corrected chi connectivity index (χ0v) is 11.7. The van der Waals surface area contributed by atoms with Crippen molar-refractivity contribution in [1.82, 2.24) is 4.31 Å². The molecule has 1 rings (SSSR count). The summed E-state index contributed by atoms with van der Waals surface area (Å²) in [5.74, 6) is 0. The van der Waals surface area contributed by atoms with Crippen molar-refractivity contribution >= 4 is 15.6 Å². The van der Waals surface area contributed by atoms with Crippen molar-refractivity contribution in [3.63, 3.8) is 0 Å². The molecular formula is C12H21N3OS. The Balaban J connectivity index is 3.37. The van der Waals surface area contributed by atoms with E-state index in [1.165, 1.54) is 0 Å². The van der Waals surface area contributed by atoms with Crippen LogP contribution in [0.1, 0.15) is 20.8 Å². The van der Waals surface area contributed by atoms with Gasteiger partial charge in [0.15, 0.2) is 0 Å². The average molecular weight is 255 g/mol. The normalized spacial score (nSPS) is 14.9. The van der Waals surface area contributed by atoms with E-state index in [1.54, 1.807) is 16.4 Å². The molecule has 0 aliphatic heterocycles. The van der Waals surface area contributed by atoms with Gasteiger partial charge in [-0.05, 0) is 39.0 Å². The van der Waals surface area contributed by atoms with E-state index in [9.17, 15) is 4.21 Å². The summed E-state index contributed by atoms with van der Waals surface area (Å²) in [6.45, 7) is 6.40. The summed E-state index contributed by atoms with van der Waals surface area (Å²) in [6.07, 6.45) is 0. The van der Waals surface area contributed by atoms with Crippen molar-refractivity contribution in [2.24, 2.45) is 4.36 Å².